The molecule has 0 spiro atoms. The standard InChI is InChI=1S/C14H12BrClN2O/c15-10-3-1-9(2-4-10)8-18-14(19)12-7-11(16)5-6-13(12)17/h1-7H,8,17H2,(H,18,19). The molecular weight excluding hydrogens is 328 g/mol. The predicted molar refractivity (Wildman–Crippen MR) is 81.2 cm³/mol. The van der Waals surface area contributed by atoms with E-state index in [4.69, 9.17) is 17.3 Å². The van der Waals surface area contributed by atoms with Crippen molar-refractivity contribution in [1.29, 1.82) is 0 Å². The number of anilines is 1. The Balaban J connectivity index is 2.05. The van der Waals surface area contributed by atoms with E-state index in [0.29, 0.717) is 22.8 Å². The number of rotatable bonds is 3. The molecule has 5 heteroatoms. The molecular formula is C14H12BrClN2O. The van der Waals surface area contributed by atoms with Crippen LogP contribution in [-0.4, -0.2) is 5.91 Å². The van der Waals surface area contributed by atoms with Gasteiger partial charge < -0.3 is 11.1 Å². The smallest absolute Gasteiger partial charge is 0.253 e. The van der Waals surface area contributed by atoms with E-state index in [-0.39, 0.29) is 5.91 Å². The fourth-order valence-corrected chi connectivity index (χ4v) is 2.04. The van der Waals surface area contributed by atoms with Crippen molar-refractivity contribution in [3.63, 3.8) is 0 Å². The fraction of sp³-hybridized carbons (Fsp3) is 0.0714. The summed E-state index contributed by atoms with van der Waals surface area (Å²) in [5, 5.41) is 3.30. The van der Waals surface area contributed by atoms with Gasteiger partial charge in [0.1, 0.15) is 0 Å². The molecule has 2 rings (SSSR count). The molecule has 0 bridgehead atoms. The number of carbonyl (C=O) groups is 1. The van der Waals surface area contributed by atoms with Crippen LogP contribution >= 0.6 is 27.5 Å². The molecule has 0 aromatic heterocycles. The monoisotopic (exact) mass is 338 g/mol. The molecule has 0 aliphatic rings. The van der Waals surface area contributed by atoms with Crippen LogP contribution in [0.2, 0.25) is 5.02 Å². The van der Waals surface area contributed by atoms with E-state index in [0.717, 1.165) is 10.0 Å². The number of carbonyl (C=O) groups excluding carboxylic acids is 1. The molecule has 0 radical (unpaired) electrons. The summed E-state index contributed by atoms with van der Waals surface area (Å²) in [6, 6.07) is 12.6. The van der Waals surface area contributed by atoms with Crippen LogP contribution in [-0.2, 0) is 6.54 Å². The number of benzene rings is 2. The Bertz CT molecular complexity index is 599. The number of nitrogen functional groups attached to an aromatic ring is 1. The molecule has 1 amide bonds. The lowest BCUT2D eigenvalue weighted by molar-refractivity contribution is 0.0952. The maximum absolute atomic E-state index is 12.0. The molecule has 3 N–H and O–H groups in total. The van der Waals surface area contributed by atoms with Gasteiger partial charge >= 0.3 is 0 Å². The zero-order valence-electron chi connectivity index (χ0n) is 9.99. The Kier molecular flexibility index (Phi) is 4.45. The molecule has 98 valence electrons. The van der Waals surface area contributed by atoms with Crippen LogP contribution in [0.5, 0.6) is 0 Å². The minimum absolute atomic E-state index is 0.233. The highest BCUT2D eigenvalue weighted by molar-refractivity contribution is 9.10. The third-order valence-electron chi connectivity index (χ3n) is 2.63. The molecule has 0 saturated heterocycles. The highest BCUT2D eigenvalue weighted by atomic mass is 79.9. The van der Waals surface area contributed by atoms with Gasteiger partial charge in [0.25, 0.3) is 5.91 Å². The van der Waals surface area contributed by atoms with Crippen molar-refractivity contribution in [3.8, 4) is 0 Å². The van der Waals surface area contributed by atoms with Crippen LogP contribution in [0.3, 0.4) is 0 Å². The number of nitrogens with two attached hydrogens (primary N) is 1. The Morgan fingerprint density at radius 2 is 1.89 bits per heavy atom. The van der Waals surface area contributed by atoms with Crippen LogP contribution in [0.25, 0.3) is 0 Å². The van der Waals surface area contributed by atoms with Gasteiger partial charge in [-0.05, 0) is 35.9 Å². The fourth-order valence-electron chi connectivity index (χ4n) is 1.60. The summed E-state index contributed by atoms with van der Waals surface area (Å²) in [4.78, 5) is 12.0. The Hall–Kier alpha value is -1.52. The van der Waals surface area contributed by atoms with Crippen molar-refractivity contribution in [2.45, 2.75) is 6.54 Å². The van der Waals surface area contributed by atoms with Crippen molar-refractivity contribution >= 4 is 39.1 Å². The van der Waals surface area contributed by atoms with Crippen LogP contribution in [0.15, 0.2) is 46.9 Å². The first kappa shape index (κ1) is 13.9. The molecule has 0 atom stereocenters. The zero-order valence-corrected chi connectivity index (χ0v) is 12.3. The van der Waals surface area contributed by atoms with Crippen molar-refractivity contribution < 1.29 is 4.79 Å². The van der Waals surface area contributed by atoms with Crippen LogP contribution < -0.4 is 11.1 Å². The van der Waals surface area contributed by atoms with Crippen LogP contribution in [0, 0.1) is 0 Å². The number of nitrogens with one attached hydrogen (secondary N) is 1. The van der Waals surface area contributed by atoms with Gasteiger partial charge in [0.2, 0.25) is 0 Å². The van der Waals surface area contributed by atoms with E-state index in [1.165, 1.54) is 0 Å². The molecule has 0 saturated carbocycles. The second-order valence-electron chi connectivity index (χ2n) is 4.04. The number of hydrogen-bond donors (Lipinski definition) is 2. The first-order valence-corrected chi connectivity index (χ1v) is 6.81. The van der Waals surface area contributed by atoms with Crippen molar-refractivity contribution in [1.82, 2.24) is 5.32 Å². The first-order valence-electron chi connectivity index (χ1n) is 5.64. The lowest BCUT2D eigenvalue weighted by Gasteiger charge is -2.08. The minimum atomic E-state index is -0.233. The van der Waals surface area contributed by atoms with E-state index < -0.39 is 0 Å². The van der Waals surface area contributed by atoms with Gasteiger partial charge in [-0.15, -0.1) is 0 Å². The van der Waals surface area contributed by atoms with Gasteiger partial charge in [0.05, 0.1) is 5.56 Å². The highest BCUT2D eigenvalue weighted by Gasteiger charge is 2.09. The van der Waals surface area contributed by atoms with Crippen molar-refractivity contribution in [2.24, 2.45) is 0 Å². The second-order valence-corrected chi connectivity index (χ2v) is 5.39. The van der Waals surface area contributed by atoms with Gasteiger partial charge in [-0.25, -0.2) is 0 Å². The van der Waals surface area contributed by atoms with Gasteiger partial charge in [0.15, 0.2) is 0 Å². The molecule has 0 unspecified atom stereocenters. The minimum Gasteiger partial charge on any atom is -0.398 e. The van der Waals surface area contributed by atoms with E-state index in [1.807, 2.05) is 24.3 Å². The number of amides is 1. The molecule has 0 heterocycles. The number of halogens is 2. The van der Waals surface area contributed by atoms with Crippen LogP contribution in [0.4, 0.5) is 5.69 Å². The highest BCUT2D eigenvalue weighted by Crippen LogP contribution is 2.18. The SMILES string of the molecule is Nc1ccc(Cl)cc1C(=O)NCc1ccc(Br)cc1. The topological polar surface area (TPSA) is 55.1 Å². The summed E-state index contributed by atoms with van der Waals surface area (Å²) in [6.07, 6.45) is 0. The first-order chi connectivity index (χ1) is 9.06. The molecule has 0 fully saturated rings. The van der Waals surface area contributed by atoms with Crippen LogP contribution in [0.1, 0.15) is 15.9 Å². The Morgan fingerprint density at radius 1 is 1.21 bits per heavy atom. The average molecular weight is 340 g/mol. The van der Waals surface area contributed by atoms with E-state index >= 15 is 0 Å². The third kappa shape index (κ3) is 3.72. The molecule has 19 heavy (non-hydrogen) atoms. The van der Waals surface area contributed by atoms with E-state index in [1.54, 1.807) is 18.2 Å². The van der Waals surface area contributed by atoms with Gasteiger partial charge in [-0.3, -0.25) is 4.79 Å². The molecule has 2 aromatic carbocycles. The predicted octanol–water partition coefficient (Wildman–Crippen LogP) is 3.61. The van der Waals surface area contributed by atoms with E-state index in [9.17, 15) is 4.79 Å². The van der Waals surface area contributed by atoms with Gasteiger partial charge in [0, 0.05) is 21.7 Å². The van der Waals surface area contributed by atoms with E-state index in [2.05, 4.69) is 21.2 Å². The molecule has 0 aliphatic heterocycles. The third-order valence-corrected chi connectivity index (χ3v) is 3.39. The largest absolute Gasteiger partial charge is 0.398 e. The normalized spacial score (nSPS) is 10.2. The van der Waals surface area contributed by atoms with Gasteiger partial charge in [-0.1, -0.05) is 39.7 Å². The summed E-state index contributed by atoms with van der Waals surface area (Å²) in [5.41, 5.74) is 7.57. The zero-order chi connectivity index (χ0) is 13.8. The average Bonchev–Trinajstić information content (AvgIpc) is 2.40. The summed E-state index contributed by atoms with van der Waals surface area (Å²) >= 11 is 9.22. The summed E-state index contributed by atoms with van der Waals surface area (Å²) in [6.45, 7) is 0.443. The summed E-state index contributed by atoms with van der Waals surface area (Å²) < 4.78 is 1.00. The second kappa shape index (κ2) is 6.08. The Labute approximate surface area is 124 Å². The Morgan fingerprint density at radius 3 is 2.58 bits per heavy atom. The molecule has 0 aliphatic carbocycles. The lowest BCUT2D eigenvalue weighted by atomic mass is 10.1. The molecule has 2 aromatic rings. The summed E-state index contributed by atoms with van der Waals surface area (Å²) in [7, 11) is 0. The van der Waals surface area contributed by atoms with Gasteiger partial charge in [-0.2, -0.15) is 0 Å². The number of hydrogen-bond acceptors (Lipinski definition) is 2. The van der Waals surface area contributed by atoms with Crippen molar-refractivity contribution in [2.75, 3.05) is 5.73 Å². The maximum Gasteiger partial charge on any atom is 0.253 e. The maximum atomic E-state index is 12.0. The molecule has 3 nitrogen and oxygen atoms in total. The summed E-state index contributed by atoms with van der Waals surface area (Å²) in [5.74, 6) is -0.233. The quantitative estimate of drug-likeness (QED) is 0.839. The van der Waals surface area contributed by atoms with Crippen molar-refractivity contribution in [3.05, 3.63) is 63.1 Å². The lowest BCUT2D eigenvalue weighted by Crippen LogP contribution is -2.23.